The van der Waals surface area contributed by atoms with Crippen molar-refractivity contribution in [3.63, 3.8) is 0 Å². The summed E-state index contributed by atoms with van der Waals surface area (Å²) in [6, 6.07) is 17.7. The Kier molecular flexibility index (Phi) is 18.6. The van der Waals surface area contributed by atoms with Crippen molar-refractivity contribution in [2.75, 3.05) is 0 Å². The fourth-order valence-electron chi connectivity index (χ4n) is 9.97. The first-order valence-corrected chi connectivity index (χ1v) is 23.3. The van der Waals surface area contributed by atoms with E-state index in [-0.39, 0.29) is 0 Å². The molecule has 0 spiro atoms. The minimum Gasteiger partial charge on any atom is -0.207 e. The van der Waals surface area contributed by atoms with Gasteiger partial charge in [0.25, 0.3) is 0 Å². The molecular formula is C52H42BF20N. The molecule has 5 aromatic carbocycles. The monoisotopic (exact) mass is 1070 g/mol. The highest BCUT2D eigenvalue weighted by Gasteiger charge is 2.52. The third-order valence-electron chi connectivity index (χ3n) is 13.6. The van der Waals surface area contributed by atoms with Crippen LogP contribution in [0.1, 0.15) is 108 Å². The third kappa shape index (κ3) is 10.7. The van der Waals surface area contributed by atoms with Crippen LogP contribution in [-0.4, -0.2) is 6.15 Å². The molecule has 74 heavy (non-hydrogen) atoms. The zero-order chi connectivity index (χ0) is 54.5. The molecule has 398 valence electrons. The van der Waals surface area contributed by atoms with E-state index in [0.717, 1.165) is 18.4 Å². The Hall–Kier alpha value is -6.09. The highest BCUT2D eigenvalue weighted by atomic mass is 19.2. The lowest BCUT2D eigenvalue weighted by Gasteiger charge is -2.44. The second-order valence-electron chi connectivity index (χ2n) is 18.0. The third-order valence-corrected chi connectivity index (χ3v) is 13.6. The number of nitrogens with zero attached hydrogens (tertiary/aromatic N) is 1. The van der Waals surface area contributed by atoms with E-state index >= 15 is 35.1 Å². The first-order valence-electron chi connectivity index (χ1n) is 23.3. The topological polar surface area (TPSA) is 3.88 Å². The van der Waals surface area contributed by atoms with Gasteiger partial charge in [0.05, 0.1) is 0 Å². The normalized spacial score (nSPS) is 14.9. The SMILES string of the molecule is CCCCCCCCCCC1CCC(c2cccc[n+]2Cc2ccccc2)CC1.Fc1c(F)c(F)c([B-](c2c(F)c(F)c(F)c(F)c2F)(c2c(F)c(F)c(F)c(F)c2F)c2c(F)c(F)c(F)c(F)c2F)c(F)c1F. The summed E-state index contributed by atoms with van der Waals surface area (Å²) in [6.07, 6.45) is 13.7. The number of aromatic nitrogens is 1. The van der Waals surface area contributed by atoms with E-state index in [1.165, 1.54) is 89.0 Å². The van der Waals surface area contributed by atoms with Crippen LogP contribution in [0, 0.1) is 122 Å². The number of halogens is 20. The lowest BCUT2D eigenvalue weighted by atomic mass is 9.12. The van der Waals surface area contributed by atoms with Crippen molar-refractivity contribution in [3.8, 4) is 0 Å². The molecule has 7 rings (SSSR count). The Morgan fingerprint density at radius 1 is 0.365 bits per heavy atom. The van der Waals surface area contributed by atoms with Gasteiger partial charge in [0.1, 0.15) is 52.7 Å². The van der Waals surface area contributed by atoms with E-state index in [2.05, 4.69) is 66.2 Å². The van der Waals surface area contributed by atoms with E-state index in [9.17, 15) is 52.7 Å². The van der Waals surface area contributed by atoms with Crippen LogP contribution in [0.3, 0.4) is 0 Å². The standard InChI is InChI=1S/C28H42N.C24BF20/c1-2-3-4-5-6-7-8-10-15-25-19-21-27(22-20-25)28-18-13-14-23-29(28)24-26-16-11-9-12-17-26;26-5-1(6(27)14(35)21(42)13(5)34)25(2-7(28)15(36)22(43)16(37)8(2)29,3-9(30)17(38)23(44)18(39)10(3)31)4-11(32)19(40)24(45)20(41)12(4)33/h9,11-14,16-18,23,25,27H,2-8,10,15,19-22,24H2,1H3;/q+1;-1. The van der Waals surface area contributed by atoms with Crippen molar-refractivity contribution in [1.29, 1.82) is 0 Å². The maximum Gasteiger partial charge on any atom is 0.200 e. The van der Waals surface area contributed by atoms with Gasteiger partial charge in [-0.05, 0) is 31.6 Å². The number of hydrogen-bond donors (Lipinski definition) is 0. The summed E-state index contributed by atoms with van der Waals surface area (Å²) < 4.78 is 296. The zero-order valence-electron chi connectivity index (χ0n) is 38.8. The van der Waals surface area contributed by atoms with E-state index < -0.39 is 144 Å². The van der Waals surface area contributed by atoms with Crippen LogP contribution in [0.5, 0.6) is 0 Å². The molecule has 1 fully saturated rings. The number of unbranched alkanes of at least 4 members (excludes halogenated alkanes) is 7. The minimum absolute atomic E-state index is 0.745. The summed E-state index contributed by atoms with van der Waals surface area (Å²) in [5, 5.41) is 0. The second kappa shape index (κ2) is 24.1. The average Bonchev–Trinajstić information content (AvgIpc) is 3.40. The van der Waals surface area contributed by atoms with E-state index in [4.69, 9.17) is 0 Å². The van der Waals surface area contributed by atoms with Crippen molar-refractivity contribution in [2.24, 2.45) is 5.92 Å². The largest absolute Gasteiger partial charge is 0.207 e. The maximum atomic E-state index is 15.4. The Labute approximate surface area is 410 Å². The molecule has 0 saturated heterocycles. The van der Waals surface area contributed by atoms with Gasteiger partial charge >= 0.3 is 0 Å². The van der Waals surface area contributed by atoms with Crippen LogP contribution in [-0.2, 0) is 6.54 Å². The van der Waals surface area contributed by atoms with Crippen LogP contribution in [0.15, 0.2) is 54.7 Å². The number of hydrogen-bond acceptors (Lipinski definition) is 0. The first kappa shape index (κ1) is 57.2. The molecule has 1 nitrogen and oxygen atoms in total. The molecular weight excluding hydrogens is 1030 g/mol. The first-order chi connectivity index (χ1) is 35.1. The van der Waals surface area contributed by atoms with Crippen molar-refractivity contribution >= 4 is 28.0 Å². The van der Waals surface area contributed by atoms with E-state index in [1.54, 1.807) is 5.69 Å². The minimum atomic E-state index is -7.22. The average molecular weight is 1070 g/mol. The molecule has 6 aromatic rings. The van der Waals surface area contributed by atoms with Crippen LogP contribution in [0.2, 0.25) is 0 Å². The maximum absolute atomic E-state index is 15.4. The van der Waals surface area contributed by atoms with E-state index in [0.29, 0.717) is 0 Å². The van der Waals surface area contributed by atoms with Crippen LogP contribution in [0.25, 0.3) is 0 Å². The molecule has 0 atom stereocenters. The molecule has 1 aromatic heterocycles. The van der Waals surface area contributed by atoms with Gasteiger partial charge < -0.3 is 0 Å². The van der Waals surface area contributed by atoms with Crippen molar-refractivity contribution in [2.45, 2.75) is 103 Å². The van der Waals surface area contributed by atoms with Crippen LogP contribution >= 0.6 is 0 Å². The van der Waals surface area contributed by atoms with Crippen molar-refractivity contribution in [1.82, 2.24) is 0 Å². The molecule has 22 heteroatoms. The van der Waals surface area contributed by atoms with Crippen LogP contribution in [0.4, 0.5) is 87.8 Å². The Balaban J connectivity index is 0.000000265. The highest BCUT2D eigenvalue weighted by Crippen LogP contribution is 2.37. The van der Waals surface area contributed by atoms with Crippen molar-refractivity contribution < 1.29 is 92.4 Å². The molecule has 0 amide bonds. The van der Waals surface area contributed by atoms with Gasteiger partial charge in [0.15, 0.2) is 88.2 Å². The Morgan fingerprint density at radius 3 is 1.03 bits per heavy atom. The molecule has 1 saturated carbocycles. The predicted molar refractivity (Wildman–Crippen MR) is 233 cm³/mol. The van der Waals surface area contributed by atoms with Gasteiger partial charge in [-0.2, -0.15) is 4.57 Å². The lowest BCUT2D eigenvalue weighted by molar-refractivity contribution is -0.697. The highest BCUT2D eigenvalue weighted by molar-refractivity contribution is 7.20. The molecule has 1 aliphatic carbocycles. The number of rotatable bonds is 16. The predicted octanol–water partition coefficient (Wildman–Crippen LogP) is 13.7. The lowest BCUT2D eigenvalue weighted by Crippen LogP contribution is -2.81. The fourth-order valence-corrected chi connectivity index (χ4v) is 9.97. The molecule has 1 heterocycles. The van der Waals surface area contributed by atoms with Crippen molar-refractivity contribution in [3.05, 3.63) is 182 Å². The molecule has 0 radical (unpaired) electrons. The zero-order valence-corrected chi connectivity index (χ0v) is 38.8. The molecule has 0 N–H and O–H groups in total. The smallest absolute Gasteiger partial charge is 0.200 e. The Morgan fingerprint density at radius 2 is 0.676 bits per heavy atom. The summed E-state index contributed by atoms with van der Waals surface area (Å²) in [6.45, 7) is 3.30. The summed E-state index contributed by atoms with van der Waals surface area (Å²) >= 11 is 0. The summed E-state index contributed by atoms with van der Waals surface area (Å²) in [5.74, 6) is -69.7. The summed E-state index contributed by atoms with van der Waals surface area (Å²) in [7, 11) is 0. The van der Waals surface area contributed by atoms with Gasteiger partial charge in [-0.15, -0.1) is 21.9 Å². The van der Waals surface area contributed by atoms with Gasteiger partial charge in [-0.25, -0.2) is 87.8 Å². The quantitative estimate of drug-likeness (QED) is 0.0227. The van der Waals surface area contributed by atoms with Gasteiger partial charge in [0, 0.05) is 23.6 Å². The van der Waals surface area contributed by atoms with E-state index in [1.807, 2.05) is 0 Å². The number of benzene rings is 5. The van der Waals surface area contributed by atoms with Crippen LogP contribution < -0.4 is 26.4 Å². The molecule has 0 bridgehead atoms. The summed E-state index contributed by atoms with van der Waals surface area (Å²) in [4.78, 5) is 0. The van der Waals surface area contributed by atoms with Gasteiger partial charge in [-0.1, -0.05) is 101 Å². The Bertz CT molecular complexity index is 2610. The molecule has 0 aliphatic heterocycles. The molecule has 0 unspecified atom stereocenters. The second-order valence-corrected chi connectivity index (χ2v) is 18.0. The fraction of sp³-hybridized carbons (Fsp3) is 0.327. The summed E-state index contributed by atoms with van der Waals surface area (Å²) in [5.41, 5.74) is -11.4. The number of pyridine rings is 1. The van der Waals surface area contributed by atoms with Gasteiger partial charge in [0.2, 0.25) is 0 Å². The van der Waals surface area contributed by atoms with Gasteiger partial charge in [-0.3, -0.25) is 0 Å². The molecule has 1 aliphatic rings.